The Kier molecular flexibility index (Phi) is 6.23. The average molecular weight is 308 g/mol. The molecular formula is C17H17BN2O3. The zero-order valence-electron chi connectivity index (χ0n) is 12.6. The first kappa shape index (κ1) is 16.6. The van der Waals surface area contributed by atoms with E-state index in [1.54, 1.807) is 24.3 Å². The van der Waals surface area contributed by atoms with Crippen LogP contribution in [0.3, 0.4) is 0 Å². The lowest BCUT2D eigenvalue weighted by Crippen LogP contribution is -2.20. The molecule has 116 valence electrons. The summed E-state index contributed by atoms with van der Waals surface area (Å²) in [7, 11) is 5.04. The van der Waals surface area contributed by atoms with Gasteiger partial charge in [-0.25, -0.2) is 4.79 Å². The van der Waals surface area contributed by atoms with Crippen LogP contribution in [0.1, 0.15) is 15.9 Å². The first-order valence-corrected chi connectivity index (χ1v) is 7.23. The van der Waals surface area contributed by atoms with Crippen molar-refractivity contribution in [3.05, 3.63) is 65.7 Å². The largest absolute Gasteiger partial charge is 0.460 e. The third-order valence-corrected chi connectivity index (χ3v) is 3.07. The lowest BCUT2D eigenvalue weighted by molar-refractivity contribution is 0.0520. The summed E-state index contributed by atoms with van der Waals surface area (Å²) in [5.74, 6) is -0.900. The first-order valence-electron chi connectivity index (χ1n) is 7.23. The summed E-state index contributed by atoms with van der Waals surface area (Å²) in [6, 6.07) is 16.4. The summed E-state index contributed by atoms with van der Waals surface area (Å²) in [6.07, 6.45) is 0. The van der Waals surface area contributed by atoms with Crippen LogP contribution in [0, 0.1) is 0 Å². The summed E-state index contributed by atoms with van der Waals surface area (Å²) >= 11 is 0. The molecule has 0 saturated heterocycles. The fourth-order valence-corrected chi connectivity index (χ4v) is 1.98. The Morgan fingerprint density at radius 2 is 1.83 bits per heavy atom. The van der Waals surface area contributed by atoms with Gasteiger partial charge in [-0.2, -0.15) is 0 Å². The number of hydrogen-bond acceptors (Lipinski definition) is 4. The molecule has 5 nitrogen and oxygen atoms in total. The molecule has 2 rings (SSSR count). The maximum Gasteiger partial charge on any atom is 0.338 e. The molecule has 0 bridgehead atoms. The van der Waals surface area contributed by atoms with Crippen molar-refractivity contribution in [2.45, 2.75) is 6.54 Å². The topological polar surface area (TPSA) is 67.4 Å². The van der Waals surface area contributed by atoms with Gasteiger partial charge in [0.15, 0.2) is 5.81 Å². The molecule has 2 aromatic rings. The quantitative estimate of drug-likeness (QED) is 0.468. The van der Waals surface area contributed by atoms with Crippen LogP contribution in [0.2, 0.25) is 0 Å². The van der Waals surface area contributed by atoms with Gasteiger partial charge in [0.25, 0.3) is 0 Å². The van der Waals surface area contributed by atoms with Crippen molar-refractivity contribution in [1.82, 2.24) is 5.32 Å². The predicted octanol–water partition coefficient (Wildman–Crippen LogP) is 2.33. The lowest BCUT2D eigenvalue weighted by atomic mass is 10.1. The van der Waals surface area contributed by atoms with Crippen molar-refractivity contribution in [1.29, 1.82) is 0 Å². The van der Waals surface area contributed by atoms with Gasteiger partial charge in [0, 0.05) is 18.8 Å². The van der Waals surface area contributed by atoms with E-state index >= 15 is 0 Å². The van der Waals surface area contributed by atoms with E-state index in [4.69, 9.17) is 12.6 Å². The molecule has 0 unspecified atom stereocenters. The minimum absolute atomic E-state index is 0.261. The molecule has 2 N–H and O–H groups in total. The van der Waals surface area contributed by atoms with E-state index in [0.717, 1.165) is 11.3 Å². The normalized spacial score (nSPS) is 9.91. The van der Waals surface area contributed by atoms with Gasteiger partial charge in [-0.05, 0) is 29.8 Å². The van der Waals surface area contributed by atoms with Crippen LogP contribution >= 0.6 is 0 Å². The molecule has 0 atom stereocenters. The highest BCUT2D eigenvalue weighted by molar-refractivity contribution is 6.57. The molecule has 0 spiro atoms. The fraction of sp³-hybridized carbons (Fsp3) is 0.176. The van der Waals surface area contributed by atoms with Crippen LogP contribution in [-0.4, -0.2) is 32.8 Å². The molecule has 0 heterocycles. The number of carbonyl (C=O) groups excluding carboxylic acids is 2. The van der Waals surface area contributed by atoms with E-state index in [-0.39, 0.29) is 12.6 Å². The molecule has 1 amide bonds. The van der Waals surface area contributed by atoms with Gasteiger partial charge in [-0.1, -0.05) is 30.3 Å². The molecule has 0 aliphatic rings. The van der Waals surface area contributed by atoms with Crippen LogP contribution in [-0.2, 0) is 11.3 Å². The molecule has 0 fully saturated rings. The number of amides is 1. The molecule has 0 aromatic heterocycles. The number of esters is 1. The van der Waals surface area contributed by atoms with Crippen molar-refractivity contribution in [3.8, 4) is 0 Å². The zero-order valence-corrected chi connectivity index (χ0v) is 12.6. The van der Waals surface area contributed by atoms with E-state index in [2.05, 4.69) is 10.6 Å². The molecule has 23 heavy (non-hydrogen) atoms. The highest BCUT2D eigenvalue weighted by Gasteiger charge is 2.05. The maximum atomic E-state index is 11.8. The van der Waals surface area contributed by atoms with Crippen LogP contribution in [0.5, 0.6) is 0 Å². The van der Waals surface area contributed by atoms with Gasteiger partial charge in [0.2, 0.25) is 7.85 Å². The Bertz CT molecular complexity index is 662. The smallest absolute Gasteiger partial charge is 0.338 e. The second kappa shape index (κ2) is 8.63. The van der Waals surface area contributed by atoms with Crippen molar-refractivity contribution in [2.24, 2.45) is 0 Å². The predicted molar refractivity (Wildman–Crippen MR) is 89.6 cm³/mol. The highest BCUT2D eigenvalue weighted by atomic mass is 16.5. The minimum Gasteiger partial charge on any atom is -0.460 e. The monoisotopic (exact) mass is 308 g/mol. The van der Waals surface area contributed by atoms with Gasteiger partial charge in [0.05, 0.1) is 5.56 Å². The molecule has 0 aliphatic carbocycles. The van der Waals surface area contributed by atoms with Gasteiger partial charge in [-0.3, -0.25) is 4.79 Å². The number of rotatable bonds is 7. The second-order valence-electron chi connectivity index (χ2n) is 4.85. The minimum atomic E-state index is -0.559. The summed E-state index contributed by atoms with van der Waals surface area (Å²) in [6.45, 7) is 1.12. The first-order chi connectivity index (χ1) is 11.1. The summed E-state index contributed by atoms with van der Waals surface area (Å²) in [5, 5.41) is 5.69. The Labute approximate surface area is 136 Å². The fourth-order valence-electron chi connectivity index (χ4n) is 1.98. The SMILES string of the molecule is [B]C(=O)NCc1cccc(NCCOC(=O)c2ccccc2)c1. The second-order valence-corrected chi connectivity index (χ2v) is 4.85. The third-order valence-electron chi connectivity index (χ3n) is 3.07. The Balaban J connectivity index is 1.75. The Hall–Kier alpha value is -2.76. The molecule has 2 aromatic carbocycles. The van der Waals surface area contributed by atoms with E-state index in [1.807, 2.05) is 30.3 Å². The summed E-state index contributed by atoms with van der Waals surface area (Å²) < 4.78 is 5.18. The number of carbonyl (C=O) groups is 2. The molecule has 6 heteroatoms. The standard InChI is InChI=1S/C17H17BN2O3/c18-17(22)20-12-13-5-4-8-15(11-13)19-9-10-23-16(21)14-6-2-1-3-7-14/h1-8,11,19H,9-10,12H2,(H,20,22). The van der Waals surface area contributed by atoms with Gasteiger partial charge >= 0.3 is 5.97 Å². The number of benzene rings is 2. The summed E-state index contributed by atoms with van der Waals surface area (Å²) in [4.78, 5) is 22.5. The van der Waals surface area contributed by atoms with Crippen molar-refractivity contribution in [3.63, 3.8) is 0 Å². The van der Waals surface area contributed by atoms with E-state index < -0.39 is 5.81 Å². The number of anilines is 1. The molecular weight excluding hydrogens is 291 g/mol. The van der Waals surface area contributed by atoms with Gasteiger partial charge in [-0.15, -0.1) is 0 Å². The highest BCUT2D eigenvalue weighted by Crippen LogP contribution is 2.10. The van der Waals surface area contributed by atoms with Crippen molar-refractivity contribution < 1.29 is 14.3 Å². The van der Waals surface area contributed by atoms with E-state index in [1.165, 1.54) is 0 Å². The molecule has 0 saturated carbocycles. The Morgan fingerprint density at radius 3 is 2.57 bits per heavy atom. The average Bonchev–Trinajstić information content (AvgIpc) is 2.58. The van der Waals surface area contributed by atoms with Gasteiger partial charge in [0.1, 0.15) is 6.61 Å². The number of hydrogen-bond donors (Lipinski definition) is 2. The number of nitrogens with one attached hydrogen (secondary N) is 2. The summed E-state index contributed by atoms with van der Waals surface area (Å²) in [5.41, 5.74) is 2.34. The van der Waals surface area contributed by atoms with Crippen molar-refractivity contribution in [2.75, 3.05) is 18.5 Å². The van der Waals surface area contributed by atoms with Crippen LogP contribution in [0.25, 0.3) is 0 Å². The molecule has 2 radical (unpaired) electrons. The number of ether oxygens (including phenoxy) is 1. The van der Waals surface area contributed by atoms with Crippen molar-refractivity contribution >= 4 is 25.3 Å². The third kappa shape index (κ3) is 5.86. The van der Waals surface area contributed by atoms with Gasteiger partial charge < -0.3 is 15.4 Å². The molecule has 0 aliphatic heterocycles. The lowest BCUT2D eigenvalue weighted by Gasteiger charge is -2.09. The zero-order chi connectivity index (χ0) is 16.5. The van der Waals surface area contributed by atoms with E-state index in [0.29, 0.717) is 18.7 Å². The van der Waals surface area contributed by atoms with E-state index in [9.17, 15) is 9.59 Å². The maximum absolute atomic E-state index is 11.8. The van der Waals surface area contributed by atoms with Crippen LogP contribution < -0.4 is 10.6 Å². The Morgan fingerprint density at radius 1 is 1.04 bits per heavy atom. The van der Waals surface area contributed by atoms with Crippen LogP contribution in [0.15, 0.2) is 54.6 Å². The van der Waals surface area contributed by atoms with Crippen LogP contribution in [0.4, 0.5) is 10.5 Å².